The Balaban J connectivity index is 3.31. The molecule has 4 nitrogen and oxygen atoms in total. The zero-order valence-electron chi connectivity index (χ0n) is 8.91. The van der Waals surface area contributed by atoms with E-state index >= 15 is 0 Å². The molecule has 0 spiro atoms. The van der Waals surface area contributed by atoms with Crippen LogP contribution in [0.3, 0.4) is 0 Å². The van der Waals surface area contributed by atoms with E-state index in [9.17, 15) is 17.6 Å². The fourth-order valence-electron chi connectivity index (χ4n) is 1.33. The van der Waals surface area contributed by atoms with Crippen LogP contribution in [0.1, 0.15) is 21.5 Å². The molecule has 0 aromatic heterocycles. The van der Waals surface area contributed by atoms with Crippen molar-refractivity contribution in [2.75, 3.05) is 7.11 Å². The fraction of sp³-hybridized carbons (Fsp3) is 0.300. The first-order valence-electron chi connectivity index (χ1n) is 4.57. The first-order valence-corrected chi connectivity index (χ1v) is 6.31. The zero-order valence-corrected chi connectivity index (χ0v) is 10.6. The second-order valence-corrected chi connectivity index (χ2v) is 4.61. The zero-order chi connectivity index (χ0) is 13.0. The molecule has 7 heteroatoms. The van der Waals surface area contributed by atoms with Crippen LogP contribution in [0.2, 0.25) is 5.02 Å². The maximum absolute atomic E-state index is 12.7. The van der Waals surface area contributed by atoms with Crippen LogP contribution in [-0.4, -0.2) is 21.5 Å². The van der Waals surface area contributed by atoms with Crippen molar-refractivity contribution in [2.45, 2.75) is 12.4 Å². The van der Waals surface area contributed by atoms with E-state index < -0.39 is 23.3 Å². The van der Waals surface area contributed by atoms with Crippen LogP contribution in [0, 0.1) is 0 Å². The second kappa shape index (κ2) is 5.97. The van der Waals surface area contributed by atoms with Crippen LogP contribution in [0.15, 0.2) is 12.1 Å². The predicted molar refractivity (Wildman–Crippen MR) is 61.6 cm³/mol. The van der Waals surface area contributed by atoms with Crippen molar-refractivity contribution in [2.24, 2.45) is 0 Å². The summed E-state index contributed by atoms with van der Waals surface area (Å²) in [6, 6.07) is 2.48. The van der Waals surface area contributed by atoms with E-state index in [4.69, 9.17) is 11.6 Å². The predicted octanol–water partition coefficient (Wildman–Crippen LogP) is 1.71. The van der Waals surface area contributed by atoms with Crippen LogP contribution >= 0.6 is 11.6 Å². The average molecular weight is 281 g/mol. The molecule has 0 unspecified atom stereocenters. The van der Waals surface area contributed by atoms with Crippen molar-refractivity contribution in [1.29, 1.82) is 0 Å². The number of hydrogen-bond acceptors (Lipinski definition) is 4. The van der Waals surface area contributed by atoms with Crippen LogP contribution in [0.5, 0.6) is 0 Å². The molecule has 0 N–H and O–H groups in total. The summed E-state index contributed by atoms with van der Waals surface area (Å²) in [5.41, 5.74) is 0.318. The molecule has 0 aliphatic rings. The molecule has 0 aliphatic carbocycles. The number of carbonyl (C=O) groups excluding carboxylic acids is 1. The summed E-state index contributed by atoms with van der Waals surface area (Å²) < 4.78 is 38.4. The lowest BCUT2D eigenvalue weighted by Crippen LogP contribution is -2.07. The number of esters is 1. The van der Waals surface area contributed by atoms with Gasteiger partial charge in [-0.05, 0) is 23.3 Å². The number of carbonyl (C=O) groups is 1. The molecule has 94 valence electrons. The molecule has 0 atom stereocenters. The lowest BCUT2D eigenvalue weighted by molar-refractivity contribution is 0.0598. The molecule has 0 radical (unpaired) electrons. The molecule has 0 heterocycles. The highest BCUT2D eigenvalue weighted by molar-refractivity contribution is 7.71. The first-order chi connectivity index (χ1) is 7.99. The number of benzene rings is 1. The van der Waals surface area contributed by atoms with Gasteiger partial charge in [0.05, 0.1) is 18.4 Å². The molecule has 0 saturated heterocycles. The molecule has 0 saturated carbocycles. The van der Waals surface area contributed by atoms with Crippen LogP contribution in [0.25, 0.3) is 0 Å². The number of methoxy groups -OCH3 is 1. The summed E-state index contributed by atoms with van der Waals surface area (Å²) in [6.07, 6.45) is 0. The minimum atomic E-state index is -2.67. The lowest BCUT2D eigenvalue weighted by atomic mass is 10.1. The van der Waals surface area contributed by atoms with Crippen molar-refractivity contribution in [3.8, 4) is 0 Å². The SMILES string of the molecule is COC(=O)c1cc(C[SH](=O)=O)c(Cl)cc1CF. The molecular formula is C10H10ClFO4S. The minimum absolute atomic E-state index is 0.00810. The molecule has 0 fully saturated rings. The molecule has 0 aliphatic heterocycles. The Morgan fingerprint density at radius 2 is 2.06 bits per heavy atom. The van der Waals surface area contributed by atoms with Crippen LogP contribution in [0.4, 0.5) is 4.39 Å². The third-order valence-electron chi connectivity index (χ3n) is 2.12. The third-order valence-corrected chi connectivity index (χ3v) is 3.07. The van der Waals surface area contributed by atoms with Gasteiger partial charge in [0.25, 0.3) is 0 Å². The Morgan fingerprint density at radius 3 is 2.53 bits per heavy atom. The van der Waals surface area contributed by atoms with Gasteiger partial charge in [0.15, 0.2) is 0 Å². The summed E-state index contributed by atoms with van der Waals surface area (Å²) in [7, 11) is -1.51. The Kier molecular flexibility index (Phi) is 4.89. The van der Waals surface area contributed by atoms with Gasteiger partial charge in [-0.3, -0.25) is 0 Å². The number of halogens is 2. The smallest absolute Gasteiger partial charge is 0.338 e. The van der Waals surface area contributed by atoms with Crippen molar-refractivity contribution >= 4 is 28.3 Å². The van der Waals surface area contributed by atoms with Gasteiger partial charge in [-0.15, -0.1) is 0 Å². The van der Waals surface area contributed by atoms with Gasteiger partial charge in [-0.25, -0.2) is 17.6 Å². The van der Waals surface area contributed by atoms with Gasteiger partial charge in [0, 0.05) is 5.02 Å². The summed E-state index contributed by atoms with van der Waals surface area (Å²) >= 11 is 5.79. The molecular weight excluding hydrogens is 271 g/mol. The van der Waals surface area contributed by atoms with Crippen LogP contribution in [-0.2, 0) is 27.9 Å². The topological polar surface area (TPSA) is 60.4 Å². The molecule has 1 aromatic carbocycles. The van der Waals surface area contributed by atoms with Gasteiger partial charge < -0.3 is 4.74 Å². The van der Waals surface area contributed by atoms with E-state index in [1.54, 1.807) is 0 Å². The highest BCUT2D eigenvalue weighted by Crippen LogP contribution is 2.24. The highest BCUT2D eigenvalue weighted by atomic mass is 35.5. The van der Waals surface area contributed by atoms with Crippen molar-refractivity contribution in [3.05, 3.63) is 33.8 Å². The number of rotatable bonds is 4. The summed E-state index contributed by atoms with van der Waals surface area (Å²) in [5.74, 6) is -1.03. The Labute approximate surface area is 104 Å². The standard InChI is InChI=1S/C10H10ClFO4S/c1-16-10(13)8-2-7(5-17(14)15)9(11)3-6(8)4-12/h2-3,17H,4-5H2,1H3. The van der Waals surface area contributed by atoms with Crippen molar-refractivity contribution in [3.63, 3.8) is 0 Å². The van der Waals surface area contributed by atoms with Gasteiger partial charge >= 0.3 is 5.97 Å². The molecule has 17 heavy (non-hydrogen) atoms. The summed E-state index contributed by atoms with van der Waals surface area (Å²) in [5, 5.41) is 0.115. The van der Waals surface area contributed by atoms with E-state index in [1.165, 1.54) is 12.1 Å². The number of hydrogen-bond donors (Lipinski definition) is 1. The first kappa shape index (κ1) is 13.9. The Bertz CT molecular complexity index is 505. The van der Waals surface area contributed by atoms with Gasteiger partial charge in [-0.2, -0.15) is 0 Å². The Hall–Kier alpha value is -1.14. The normalized spacial score (nSPS) is 10.6. The second-order valence-electron chi connectivity index (χ2n) is 3.22. The molecule has 1 aromatic rings. The van der Waals surface area contributed by atoms with Crippen molar-refractivity contribution < 1.29 is 22.3 Å². The minimum Gasteiger partial charge on any atom is -0.465 e. The average Bonchev–Trinajstić information content (AvgIpc) is 2.29. The summed E-state index contributed by atoms with van der Waals surface area (Å²) in [6.45, 7) is -0.881. The third kappa shape index (κ3) is 3.41. The number of thiol groups is 1. The highest BCUT2D eigenvalue weighted by Gasteiger charge is 2.15. The van der Waals surface area contributed by atoms with E-state index in [0.717, 1.165) is 7.11 Å². The maximum Gasteiger partial charge on any atom is 0.338 e. The summed E-state index contributed by atoms with van der Waals surface area (Å²) in [4.78, 5) is 11.4. The lowest BCUT2D eigenvalue weighted by Gasteiger charge is -2.08. The Morgan fingerprint density at radius 1 is 1.41 bits per heavy atom. The largest absolute Gasteiger partial charge is 0.465 e. The van der Waals surface area contributed by atoms with Gasteiger partial charge in [0.1, 0.15) is 17.4 Å². The van der Waals surface area contributed by atoms with Gasteiger partial charge in [0.2, 0.25) is 0 Å². The maximum atomic E-state index is 12.7. The van der Waals surface area contributed by atoms with E-state index in [1.807, 2.05) is 0 Å². The molecule has 0 amide bonds. The van der Waals surface area contributed by atoms with Gasteiger partial charge in [-0.1, -0.05) is 11.6 Å². The quantitative estimate of drug-likeness (QED) is 0.674. The number of ether oxygens (including phenoxy) is 1. The molecule has 0 bridgehead atoms. The monoisotopic (exact) mass is 280 g/mol. The van der Waals surface area contributed by atoms with E-state index in [-0.39, 0.29) is 27.5 Å². The molecule has 1 rings (SSSR count). The van der Waals surface area contributed by atoms with Crippen LogP contribution < -0.4 is 0 Å². The van der Waals surface area contributed by atoms with Crippen molar-refractivity contribution in [1.82, 2.24) is 0 Å². The van der Waals surface area contributed by atoms with E-state index in [2.05, 4.69) is 4.74 Å². The van der Waals surface area contributed by atoms with E-state index in [0.29, 0.717) is 0 Å². The number of alkyl halides is 1. The fourth-order valence-corrected chi connectivity index (χ4v) is 2.22.